The number of rotatable bonds is 8. The Balaban J connectivity index is 1.74. The van der Waals surface area contributed by atoms with Crippen LogP contribution in [0.2, 0.25) is 0 Å². The number of thioether (sulfide) groups is 1. The van der Waals surface area contributed by atoms with Crippen molar-refractivity contribution in [1.29, 1.82) is 0 Å². The lowest BCUT2D eigenvalue weighted by molar-refractivity contribution is -0.140. The van der Waals surface area contributed by atoms with Gasteiger partial charge in [-0.1, -0.05) is 30.3 Å². The van der Waals surface area contributed by atoms with Crippen LogP contribution in [0.4, 0.5) is 0 Å². The number of carbonyl (C=O) groups is 2. The van der Waals surface area contributed by atoms with Crippen molar-refractivity contribution in [3.8, 4) is 0 Å². The third kappa shape index (κ3) is 6.68. The maximum Gasteiger partial charge on any atom is 0.309 e. The smallest absolute Gasteiger partial charge is 0.309 e. The number of ether oxygens (including phenoxy) is 1. The molecule has 0 unspecified atom stereocenters. The average molecular weight is 366 g/mol. The molecule has 0 aliphatic carbocycles. The average Bonchev–Trinajstić information content (AvgIpc) is 2.66. The zero-order chi connectivity index (χ0) is 18.0. The second-order valence-corrected chi connectivity index (χ2v) is 7.27. The molecule has 1 fully saturated rings. The molecule has 3 N–H and O–H groups in total. The van der Waals surface area contributed by atoms with Crippen molar-refractivity contribution in [1.82, 2.24) is 10.6 Å². The number of carbonyl (C=O) groups excluding carboxylic acids is 2. The van der Waals surface area contributed by atoms with Gasteiger partial charge in [-0.2, -0.15) is 11.8 Å². The fourth-order valence-electron chi connectivity index (χ4n) is 2.74. The monoisotopic (exact) mass is 366 g/mol. The highest BCUT2D eigenvalue weighted by Gasteiger charge is 2.34. The van der Waals surface area contributed by atoms with Gasteiger partial charge in [0.25, 0.3) is 0 Å². The largest absolute Gasteiger partial charge is 0.394 e. The quantitative estimate of drug-likeness (QED) is 0.591. The Morgan fingerprint density at radius 1 is 1.12 bits per heavy atom. The van der Waals surface area contributed by atoms with Crippen LogP contribution in [0, 0.1) is 0 Å². The maximum absolute atomic E-state index is 12.0. The normalized spacial score (nSPS) is 16.2. The number of aliphatic hydroxyl groups is 1. The first-order valence-corrected chi connectivity index (χ1v) is 9.73. The van der Waals surface area contributed by atoms with Crippen LogP contribution in [0.5, 0.6) is 0 Å². The number of hydrogen-bond acceptors (Lipinski definition) is 5. The highest BCUT2D eigenvalue weighted by Crippen LogP contribution is 2.29. The molecule has 0 radical (unpaired) electrons. The third-order valence-corrected chi connectivity index (χ3v) is 5.21. The highest BCUT2D eigenvalue weighted by atomic mass is 32.2. The van der Waals surface area contributed by atoms with E-state index in [-0.39, 0.29) is 13.2 Å². The van der Waals surface area contributed by atoms with E-state index in [1.54, 1.807) is 0 Å². The summed E-state index contributed by atoms with van der Waals surface area (Å²) in [4.78, 5) is 23.9. The van der Waals surface area contributed by atoms with E-state index in [4.69, 9.17) is 9.84 Å². The van der Waals surface area contributed by atoms with Gasteiger partial charge in [-0.15, -0.1) is 0 Å². The lowest BCUT2D eigenvalue weighted by Gasteiger charge is -2.36. The van der Waals surface area contributed by atoms with Crippen molar-refractivity contribution in [3.63, 3.8) is 0 Å². The van der Waals surface area contributed by atoms with Gasteiger partial charge in [-0.25, -0.2) is 0 Å². The Bertz CT molecular complexity index is 547. The zero-order valence-corrected chi connectivity index (χ0v) is 15.1. The van der Waals surface area contributed by atoms with E-state index in [2.05, 4.69) is 10.6 Å². The minimum Gasteiger partial charge on any atom is -0.394 e. The van der Waals surface area contributed by atoms with Crippen LogP contribution < -0.4 is 10.6 Å². The first kappa shape index (κ1) is 19.8. The molecule has 2 amide bonds. The molecule has 1 aromatic carbocycles. The van der Waals surface area contributed by atoms with Crippen LogP contribution in [0.3, 0.4) is 0 Å². The highest BCUT2D eigenvalue weighted by molar-refractivity contribution is 7.99. The van der Waals surface area contributed by atoms with Gasteiger partial charge >= 0.3 is 11.8 Å². The third-order valence-electron chi connectivity index (χ3n) is 4.22. The second kappa shape index (κ2) is 10.4. The van der Waals surface area contributed by atoms with Crippen LogP contribution in [-0.4, -0.2) is 60.3 Å². The van der Waals surface area contributed by atoms with Crippen LogP contribution >= 0.6 is 11.8 Å². The summed E-state index contributed by atoms with van der Waals surface area (Å²) in [5.74, 6) is 0.631. The molecule has 138 valence electrons. The lowest BCUT2D eigenvalue weighted by atomic mass is 9.96. The molecule has 0 bridgehead atoms. The minimum absolute atomic E-state index is 0.0528. The maximum atomic E-state index is 12.0. The summed E-state index contributed by atoms with van der Waals surface area (Å²) in [6.07, 6.45) is 2.28. The summed E-state index contributed by atoms with van der Waals surface area (Å²) in [6, 6.07) is 9.79. The van der Waals surface area contributed by atoms with E-state index in [1.807, 2.05) is 42.1 Å². The van der Waals surface area contributed by atoms with Gasteiger partial charge in [-0.3, -0.25) is 9.59 Å². The van der Waals surface area contributed by atoms with E-state index in [1.165, 1.54) is 0 Å². The van der Waals surface area contributed by atoms with Gasteiger partial charge < -0.3 is 20.5 Å². The zero-order valence-electron chi connectivity index (χ0n) is 14.3. The molecule has 1 aromatic rings. The molecule has 6 nitrogen and oxygen atoms in total. The second-order valence-electron chi connectivity index (χ2n) is 6.04. The van der Waals surface area contributed by atoms with E-state index in [0.29, 0.717) is 19.5 Å². The fourth-order valence-corrected chi connectivity index (χ4v) is 3.98. The summed E-state index contributed by atoms with van der Waals surface area (Å²) in [7, 11) is 0. The van der Waals surface area contributed by atoms with Gasteiger partial charge in [0.15, 0.2) is 0 Å². The standard InChI is InChI=1S/C18H26N2O4S/c21-10-11-24-18(7-12-25-13-8-18)14-20-17(23)16(22)19-9-6-15-4-2-1-3-5-15/h1-5,21H,6-14H2,(H,19,22)(H,20,23). The van der Waals surface area contributed by atoms with E-state index < -0.39 is 17.4 Å². The summed E-state index contributed by atoms with van der Waals surface area (Å²) in [5, 5.41) is 14.3. The lowest BCUT2D eigenvalue weighted by Crippen LogP contribution is -2.51. The van der Waals surface area contributed by atoms with Crippen LogP contribution in [0.25, 0.3) is 0 Å². The number of benzene rings is 1. The molecule has 25 heavy (non-hydrogen) atoms. The molecule has 7 heteroatoms. The van der Waals surface area contributed by atoms with E-state index in [9.17, 15) is 9.59 Å². The fraction of sp³-hybridized carbons (Fsp3) is 0.556. The molecule has 0 atom stereocenters. The van der Waals surface area contributed by atoms with E-state index >= 15 is 0 Å². The molecular formula is C18H26N2O4S. The van der Waals surface area contributed by atoms with Crippen molar-refractivity contribution in [2.75, 3.05) is 37.8 Å². The van der Waals surface area contributed by atoms with Crippen LogP contribution in [-0.2, 0) is 20.7 Å². The molecule has 0 aromatic heterocycles. The molecule has 1 heterocycles. The number of nitrogens with one attached hydrogen (secondary N) is 2. The predicted molar refractivity (Wildman–Crippen MR) is 98.5 cm³/mol. The van der Waals surface area contributed by atoms with Gasteiger partial charge in [-0.05, 0) is 36.3 Å². The Kier molecular flexibility index (Phi) is 8.24. The first-order chi connectivity index (χ1) is 12.2. The topological polar surface area (TPSA) is 87.7 Å². The van der Waals surface area contributed by atoms with Crippen LogP contribution in [0.15, 0.2) is 30.3 Å². The first-order valence-electron chi connectivity index (χ1n) is 8.58. The summed E-state index contributed by atoms with van der Waals surface area (Å²) in [6.45, 7) is 0.893. The summed E-state index contributed by atoms with van der Waals surface area (Å²) >= 11 is 1.85. The van der Waals surface area contributed by atoms with Gasteiger partial charge in [0.2, 0.25) is 0 Å². The number of hydrogen-bond donors (Lipinski definition) is 3. The van der Waals surface area contributed by atoms with Crippen molar-refractivity contribution in [2.24, 2.45) is 0 Å². The van der Waals surface area contributed by atoms with Crippen molar-refractivity contribution >= 4 is 23.6 Å². The Morgan fingerprint density at radius 2 is 1.80 bits per heavy atom. The Morgan fingerprint density at radius 3 is 2.48 bits per heavy atom. The molecule has 1 saturated heterocycles. The Hall–Kier alpha value is -1.57. The summed E-state index contributed by atoms with van der Waals surface area (Å²) < 4.78 is 5.78. The van der Waals surface area contributed by atoms with Gasteiger partial charge in [0.1, 0.15) is 0 Å². The molecule has 1 aliphatic rings. The number of aliphatic hydroxyl groups excluding tert-OH is 1. The molecular weight excluding hydrogens is 340 g/mol. The van der Waals surface area contributed by atoms with E-state index in [0.717, 1.165) is 29.9 Å². The summed E-state index contributed by atoms with van der Waals surface area (Å²) in [5.41, 5.74) is 0.632. The Labute approximate surface area is 152 Å². The predicted octanol–water partition coefficient (Wildman–Crippen LogP) is 0.736. The number of amides is 2. The van der Waals surface area contributed by atoms with Gasteiger partial charge in [0.05, 0.1) is 18.8 Å². The minimum atomic E-state index is -0.640. The molecule has 0 spiro atoms. The molecule has 2 rings (SSSR count). The van der Waals surface area contributed by atoms with Crippen molar-refractivity contribution in [2.45, 2.75) is 24.9 Å². The van der Waals surface area contributed by atoms with Crippen LogP contribution in [0.1, 0.15) is 18.4 Å². The van der Waals surface area contributed by atoms with Crippen molar-refractivity contribution in [3.05, 3.63) is 35.9 Å². The molecule has 1 aliphatic heterocycles. The van der Waals surface area contributed by atoms with Gasteiger partial charge in [0, 0.05) is 13.1 Å². The molecule has 0 saturated carbocycles. The SMILES string of the molecule is O=C(NCCc1ccccc1)C(=O)NCC1(OCCO)CCSCC1. The van der Waals surface area contributed by atoms with Crippen molar-refractivity contribution < 1.29 is 19.4 Å².